The molecule has 1 saturated heterocycles. The van der Waals surface area contributed by atoms with Crippen LogP contribution in [0.15, 0.2) is 91.0 Å². The lowest BCUT2D eigenvalue weighted by Crippen LogP contribution is -2.43. The summed E-state index contributed by atoms with van der Waals surface area (Å²) in [4.78, 5) is 41.7. The quantitative estimate of drug-likeness (QED) is 0.431. The Morgan fingerprint density at radius 2 is 1.38 bits per heavy atom. The maximum absolute atomic E-state index is 13.1. The van der Waals surface area contributed by atoms with E-state index in [1.165, 1.54) is 0 Å². The van der Waals surface area contributed by atoms with E-state index in [1.807, 2.05) is 91.0 Å². The van der Waals surface area contributed by atoms with Gasteiger partial charge in [-0.2, -0.15) is 0 Å². The first-order valence-corrected chi connectivity index (χ1v) is 12.7. The monoisotopic (exact) mass is 499 g/mol. The highest BCUT2D eigenvalue weighted by atomic mass is 16.5. The Morgan fingerprint density at radius 1 is 0.811 bits per heavy atom. The van der Waals surface area contributed by atoms with E-state index < -0.39 is 0 Å². The molecule has 1 aliphatic rings. The summed E-state index contributed by atoms with van der Waals surface area (Å²) >= 11 is 0. The maximum atomic E-state index is 13.1. The van der Waals surface area contributed by atoms with Crippen LogP contribution in [-0.2, 0) is 27.3 Å². The lowest BCUT2D eigenvalue weighted by molar-refractivity contribution is -0.156. The summed E-state index contributed by atoms with van der Waals surface area (Å²) in [6.45, 7) is 1.63. The number of benzene rings is 3. The second-order valence-electron chi connectivity index (χ2n) is 9.20. The van der Waals surface area contributed by atoms with Gasteiger partial charge in [0.1, 0.15) is 0 Å². The fourth-order valence-corrected chi connectivity index (χ4v) is 4.39. The summed E-state index contributed by atoms with van der Waals surface area (Å²) in [5, 5.41) is 2.87. The van der Waals surface area contributed by atoms with E-state index in [0.29, 0.717) is 39.0 Å². The number of carbonyl (C=O) groups excluding carboxylic acids is 3. The average molecular weight is 500 g/mol. The number of anilines is 1. The van der Waals surface area contributed by atoms with Crippen molar-refractivity contribution in [1.82, 2.24) is 9.80 Å². The largest absolute Gasteiger partial charge is 0.455 e. The predicted molar refractivity (Wildman–Crippen MR) is 143 cm³/mol. The fraction of sp³-hybridized carbons (Fsp3) is 0.300. The molecule has 192 valence electrons. The van der Waals surface area contributed by atoms with Crippen LogP contribution >= 0.6 is 0 Å². The molecule has 0 aromatic heterocycles. The number of nitrogens with zero attached hydrogens (tertiary/aromatic N) is 2. The van der Waals surface area contributed by atoms with Gasteiger partial charge in [-0.25, -0.2) is 4.79 Å². The second-order valence-corrected chi connectivity index (χ2v) is 9.20. The van der Waals surface area contributed by atoms with Gasteiger partial charge in [0, 0.05) is 31.9 Å². The summed E-state index contributed by atoms with van der Waals surface area (Å²) in [5.41, 5.74) is 2.91. The van der Waals surface area contributed by atoms with Gasteiger partial charge in [-0.05, 0) is 42.5 Å². The van der Waals surface area contributed by atoms with Crippen molar-refractivity contribution in [1.29, 1.82) is 0 Å². The molecule has 0 aliphatic carbocycles. The van der Waals surface area contributed by atoms with Gasteiger partial charge in [-0.1, -0.05) is 78.9 Å². The number of ether oxygens (including phenoxy) is 1. The van der Waals surface area contributed by atoms with Gasteiger partial charge in [-0.15, -0.1) is 0 Å². The van der Waals surface area contributed by atoms with E-state index >= 15 is 0 Å². The number of likely N-dealkylation sites (tertiary alicyclic amines) is 1. The number of piperidine rings is 1. The average Bonchev–Trinajstić information content (AvgIpc) is 2.95. The van der Waals surface area contributed by atoms with E-state index in [4.69, 9.17) is 4.74 Å². The molecule has 0 spiro atoms. The van der Waals surface area contributed by atoms with E-state index in [1.54, 1.807) is 9.80 Å². The van der Waals surface area contributed by atoms with Crippen molar-refractivity contribution in [2.45, 2.75) is 25.8 Å². The molecule has 1 heterocycles. The Labute approximate surface area is 218 Å². The summed E-state index contributed by atoms with van der Waals surface area (Å²) in [7, 11) is 0. The van der Waals surface area contributed by atoms with Crippen LogP contribution in [0.25, 0.3) is 0 Å². The zero-order chi connectivity index (χ0) is 25.9. The summed E-state index contributed by atoms with van der Waals surface area (Å²) in [5.74, 6) is -0.910. The Morgan fingerprint density at radius 3 is 2.00 bits per heavy atom. The lowest BCUT2D eigenvalue weighted by Gasteiger charge is -2.31. The van der Waals surface area contributed by atoms with Crippen LogP contribution in [0.3, 0.4) is 0 Å². The SMILES string of the molecule is O=C(OCC(=O)N(CCc1ccccc1)Cc1ccccc1)C1CCN(C(=O)Nc2ccccc2)CC1. The maximum Gasteiger partial charge on any atom is 0.321 e. The van der Waals surface area contributed by atoms with Crippen molar-refractivity contribution in [2.24, 2.45) is 5.92 Å². The van der Waals surface area contributed by atoms with E-state index in [2.05, 4.69) is 5.32 Å². The van der Waals surface area contributed by atoms with Crippen molar-refractivity contribution >= 4 is 23.6 Å². The molecule has 3 aromatic rings. The zero-order valence-electron chi connectivity index (χ0n) is 20.9. The van der Waals surface area contributed by atoms with Crippen LogP contribution in [0.2, 0.25) is 0 Å². The third kappa shape index (κ3) is 7.93. The molecule has 7 heteroatoms. The van der Waals surface area contributed by atoms with Crippen LogP contribution in [-0.4, -0.2) is 53.9 Å². The third-order valence-electron chi connectivity index (χ3n) is 6.56. The molecule has 4 rings (SSSR count). The molecule has 1 aliphatic heterocycles. The van der Waals surface area contributed by atoms with Gasteiger partial charge >= 0.3 is 12.0 Å². The molecule has 37 heavy (non-hydrogen) atoms. The number of hydrogen-bond donors (Lipinski definition) is 1. The van der Waals surface area contributed by atoms with Gasteiger partial charge in [0.05, 0.1) is 5.92 Å². The minimum atomic E-state index is -0.376. The van der Waals surface area contributed by atoms with Crippen LogP contribution < -0.4 is 5.32 Å². The first-order chi connectivity index (χ1) is 18.1. The first kappa shape index (κ1) is 25.9. The molecule has 3 aromatic carbocycles. The van der Waals surface area contributed by atoms with Crippen molar-refractivity contribution in [3.8, 4) is 0 Å². The number of nitrogens with one attached hydrogen (secondary N) is 1. The third-order valence-corrected chi connectivity index (χ3v) is 6.56. The van der Waals surface area contributed by atoms with E-state index in [9.17, 15) is 14.4 Å². The molecule has 0 saturated carbocycles. The normalized spacial score (nSPS) is 13.6. The Bertz CT molecular complexity index is 1150. The summed E-state index contributed by atoms with van der Waals surface area (Å²) in [6, 6.07) is 28.9. The van der Waals surface area contributed by atoms with Gasteiger partial charge in [0.2, 0.25) is 0 Å². The summed E-state index contributed by atoms with van der Waals surface area (Å²) in [6.07, 6.45) is 1.74. The zero-order valence-corrected chi connectivity index (χ0v) is 20.9. The standard InChI is InChI=1S/C30H33N3O4/c34-28(33(22-25-12-6-2-7-13-25)19-16-24-10-4-1-5-11-24)23-37-29(35)26-17-20-32(21-18-26)30(36)31-27-14-8-3-9-15-27/h1-15,26H,16-23H2,(H,31,36). The summed E-state index contributed by atoms with van der Waals surface area (Å²) < 4.78 is 5.46. The van der Waals surface area contributed by atoms with Crippen LogP contribution in [0, 0.1) is 5.92 Å². The number of amides is 3. The van der Waals surface area contributed by atoms with Crippen LogP contribution in [0.5, 0.6) is 0 Å². The Balaban J connectivity index is 1.25. The van der Waals surface area contributed by atoms with Crippen molar-refractivity contribution in [3.05, 3.63) is 102 Å². The fourth-order valence-electron chi connectivity index (χ4n) is 4.39. The number of carbonyl (C=O) groups is 3. The van der Waals surface area contributed by atoms with Crippen LogP contribution in [0.1, 0.15) is 24.0 Å². The molecular weight excluding hydrogens is 466 g/mol. The predicted octanol–water partition coefficient (Wildman–Crippen LogP) is 4.75. The highest BCUT2D eigenvalue weighted by molar-refractivity contribution is 5.89. The number of para-hydroxylation sites is 1. The molecule has 0 atom stereocenters. The van der Waals surface area contributed by atoms with Crippen LogP contribution in [0.4, 0.5) is 10.5 Å². The molecule has 0 radical (unpaired) electrons. The molecule has 1 fully saturated rings. The number of urea groups is 1. The highest BCUT2D eigenvalue weighted by Crippen LogP contribution is 2.20. The minimum Gasteiger partial charge on any atom is -0.455 e. The van der Waals surface area contributed by atoms with E-state index in [0.717, 1.165) is 23.2 Å². The van der Waals surface area contributed by atoms with Gasteiger partial charge in [0.15, 0.2) is 6.61 Å². The van der Waals surface area contributed by atoms with Crippen molar-refractivity contribution < 1.29 is 19.1 Å². The minimum absolute atomic E-state index is 0.178. The molecule has 0 bridgehead atoms. The number of hydrogen-bond acceptors (Lipinski definition) is 4. The molecular formula is C30H33N3O4. The van der Waals surface area contributed by atoms with Gasteiger partial charge in [0.25, 0.3) is 5.91 Å². The Hall–Kier alpha value is -4.13. The van der Waals surface area contributed by atoms with Crippen molar-refractivity contribution in [2.75, 3.05) is 31.6 Å². The molecule has 3 amide bonds. The van der Waals surface area contributed by atoms with Gasteiger partial charge < -0.3 is 19.9 Å². The molecule has 1 N–H and O–H groups in total. The van der Waals surface area contributed by atoms with Gasteiger partial charge in [-0.3, -0.25) is 9.59 Å². The molecule has 7 nitrogen and oxygen atoms in total. The molecule has 0 unspecified atom stereocenters. The number of rotatable bonds is 9. The first-order valence-electron chi connectivity index (χ1n) is 12.7. The van der Waals surface area contributed by atoms with Crippen molar-refractivity contribution in [3.63, 3.8) is 0 Å². The number of esters is 1. The lowest BCUT2D eigenvalue weighted by atomic mass is 9.97. The van der Waals surface area contributed by atoms with E-state index in [-0.39, 0.29) is 30.4 Å². The topological polar surface area (TPSA) is 79.0 Å². The Kier molecular flexibility index (Phi) is 9.29. The highest BCUT2D eigenvalue weighted by Gasteiger charge is 2.29. The second kappa shape index (κ2) is 13.3. The smallest absolute Gasteiger partial charge is 0.321 e.